The van der Waals surface area contributed by atoms with E-state index in [2.05, 4.69) is 34.6 Å². The van der Waals surface area contributed by atoms with Gasteiger partial charge in [0.05, 0.1) is 0 Å². The van der Waals surface area contributed by atoms with Gasteiger partial charge in [-0.3, -0.25) is 4.79 Å². The molecule has 0 bridgehead atoms. The van der Waals surface area contributed by atoms with Crippen LogP contribution in [0.15, 0.2) is 0 Å². The first-order chi connectivity index (χ1) is 5.83. The number of likely N-dealkylation sites (tertiary alicyclic amines) is 1. The quantitative estimate of drug-likeness (QED) is 0.644. The van der Waals surface area contributed by atoms with Crippen molar-refractivity contribution in [1.29, 1.82) is 0 Å². The summed E-state index contributed by atoms with van der Waals surface area (Å²) in [5.74, 6) is 0.312. The second-order valence-corrected chi connectivity index (χ2v) is 5.17. The molecule has 0 radical (unpaired) electrons. The topological polar surface area (TPSA) is 20.3 Å². The Morgan fingerprint density at radius 2 is 1.85 bits per heavy atom. The van der Waals surface area contributed by atoms with Gasteiger partial charge in [-0.05, 0) is 20.3 Å². The molecule has 1 aliphatic heterocycles. The van der Waals surface area contributed by atoms with E-state index >= 15 is 0 Å². The Balaban J connectivity index is 2.63. The predicted molar refractivity (Wildman–Crippen MR) is 54.5 cm³/mol. The summed E-state index contributed by atoms with van der Waals surface area (Å²) in [5.41, 5.74) is 0.315. The van der Waals surface area contributed by atoms with Gasteiger partial charge in [0.25, 0.3) is 0 Å². The summed E-state index contributed by atoms with van der Waals surface area (Å²) in [6, 6.07) is 0. The Morgan fingerprint density at radius 1 is 1.31 bits per heavy atom. The largest absolute Gasteiger partial charge is 0.336 e. The van der Waals surface area contributed by atoms with Gasteiger partial charge in [-0.15, -0.1) is 0 Å². The third-order valence-electron chi connectivity index (χ3n) is 3.65. The summed E-state index contributed by atoms with van der Waals surface area (Å²) < 4.78 is 0. The van der Waals surface area contributed by atoms with Crippen molar-refractivity contribution >= 4 is 5.91 Å². The lowest BCUT2D eigenvalue weighted by Crippen LogP contribution is -2.70. The SMILES string of the molecule is CCCC(=O)N1CC(C)(C)C1(C)C. The van der Waals surface area contributed by atoms with E-state index in [4.69, 9.17) is 0 Å². The third-order valence-corrected chi connectivity index (χ3v) is 3.65. The highest BCUT2D eigenvalue weighted by molar-refractivity contribution is 5.78. The average Bonchev–Trinajstić information content (AvgIpc) is 2.00. The molecular weight excluding hydrogens is 162 g/mol. The molecule has 76 valence electrons. The second-order valence-electron chi connectivity index (χ2n) is 5.17. The summed E-state index contributed by atoms with van der Waals surface area (Å²) in [5, 5.41) is 0. The molecule has 1 rings (SSSR count). The summed E-state index contributed by atoms with van der Waals surface area (Å²) in [7, 11) is 0. The molecule has 0 N–H and O–H groups in total. The van der Waals surface area contributed by atoms with Crippen LogP contribution >= 0.6 is 0 Å². The number of carbonyl (C=O) groups is 1. The van der Waals surface area contributed by atoms with Crippen LogP contribution in [0.2, 0.25) is 0 Å². The maximum Gasteiger partial charge on any atom is 0.223 e. The Morgan fingerprint density at radius 3 is 2.15 bits per heavy atom. The van der Waals surface area contributed by atoms with Crippen LogP contribution in [0.4, 0.5) is 0 Å². The molecule has 0 spiro atoms. The summed E-state index contributed by atoms with van der Waals surface area (Å²) in [6.45, 7) is 11.7. The van der Waals surface area contributed by atoms with Crippen molar-refractivity contribution in [3.8, 4) is 0 Å². The van der Waals surface area contributed by atoms with E-state index in [0.29, 0.717) is 12.3 Å². The van der Waals surface area contributed by atoms with Crippen LogP contribution in [0.3, 0.4) is 0 Å². The molecule has 0 aromatic carbocycles. The van der Waals surface area contributed by atoms with Crippen molar-refractivity contribution < 1.29 is 4.79 Å². The molecule has 0 unspecified atom stereocenters. The highest BCUT2D eigenvalue weighted by Gasteiger charge is 2.53. The smallest absolute Gasteiger partial charge is 0.223 e. The molecule has 1 saturated heterocycles. The van der Waals surface area contributed by atoms with Crippen molar-refractivity contribution in [2.75, 3.05) is 6.54 Å². The van der Waals surface area contributed by atoms with E-state index in [1.807, 2.05) is 4.90 Å². The summed E-state index contributed by atoms with van der Waals surface area (Å²) in [4.78, 5) is 13.7. The Kier molecular flexibility index (Phi) is 2.44. The zero-order chi connectivity index (χ0) is 10.3. The molecule has 0 atom stereocenters. The summed E-state index contributed by atoms with van der Waals surface area (Å²) in [6.07, 6.45) is 1.64. The molecule has 1 heterocycles. The van der Waals surface area contributed by atoms with Gasteiger partial charge in [0.15, 0.2) is 0 Å². The van der Waals surface area contributed by atoms with Crippen LogP contribution in [0.1, 0.15) is 47.5 Å². The molecule has 13 heavy (non-hydrogen) atoms. The first kappa shape index (κ1) is 10.6. The molecule has 1 fully saturated rings. The van der Waals surface area contributed by atoms with Gasteiger partial charge >= 0.3 is 0 Å². The van der Waals surface area contributed by atoms with Crippen LogP contribution in [0.5, 0.6) is 0 Å². The van der Waals surface area contributed by atoms with E-state index in [1.165, 1.54) is 0 Å². The van der Waals surface area contributed by atoms with E-state index in [0.717, 1.165) is 13.0 Å². The first-order valence-electron chi connectivity index (χ1n) is 5.13. The molecule has 0 aromatic heterocycles. The minimum Gasteiger partial charge on any atom is -0.336 e. The first-order valence-corrected chi connectivity index (χ1v) is 5.13. The van der Waals surface area contributed by atoms with Crippen LogP contribution < -0.4 is 0 Å². The molecule has 1 aliphatic rings. The van der Waals surface area contributed by atoms with E-state index in [1.54, 1.807) is 0 Å². The lowest BCUT2D eigenvalue weighted by atomic mass is 9.65. The van der Waals surface area contributed by atoms with E-state index < -0.39 is 0 Å². The zero-order valence-corrected chi connectivity index (χ0v) is 9.48. The standard InChI is InChI=1S/C11H21NO/c1-6-7-9(13)12-8-10(2,3)11(12,4)5/h6-8H2,1-5H3. The number of rotatable bonds is 2. The number of hydrogen-bond acceptors (Lipinski definition) is 1. The molecule has 2 nitrogen and oxygen atoms in total. The fourth-order valence-electron chi connectivity index (χ4n) is 1.81. The van der Waals surface area contributed by atoms with E-state index in [9.17, 15) is 4.79 Å². The minimum atomic E-state index is 0.0409. The van der Waals surface area contributed by atoms with Crippen molar-refractivity contribution in [1.82, 2.24) is 4.90 Å². The van der Waals surface area contributed by atoms with Gasteiger partial charge in [-0.1, -0.05) is 20.8 Å². The van der Waals surface area contributed by atoms with Crippen molar-refractivity contribution in [2.45, 2.75) is 53.0 Å². The highest BCUT2D eigenvalue weighted by atomic mass is 16.2. The minimum absolute atomic E-state index is 0.0409. The highest BCUT2D eigenvalue weighted by Crippen LogP contribution is 2.46. The van der Waals surface area contributed by atoms with Gasteiger partial charge in [-0.25, -0.2) is 0 Å². The van der Waals surface area contributed by atoms with Gasteiger partial charge in [0, 0.05) is 23.9 Å². The lowest BCUT2D eigenvalue weighted by Gasteiger charge is -2.61. The number of amides is 1. The molecular formula is C11H21NO. The Hall–Kier alpha value is -0.530. The van der Waals surface area contributed by atoms with Crippen LogP contribution in [0, 0.1) is 5.41 Å². The van der Waals surface area contributed by atoms with Gasteiger partial charge < -0.3 is 4.90 Å². The molecule has 0 saturated carbocycles. The Labute approximate surface area is 81.3 Å². The van der Waals surface area contributed by atoms with Crippen molar-refractivity contribution in [2.24, 2.45) is 5.41 Å². The van der Waals surface area contributed by atoms with Gasteiger partial charge in [0.2, 0.25) is 5.91 Å². The average molecular weight is 183 g/mol. The molecule has 2 heteroatoms. The number of nitrogens with zero attached hydrogens (tertiary/aromatic N) is 1. The van der Waals surface area contributed by atoms with E-state index in [-0.39, 0.29) is 11.0 Å². The van der Waals surface area contributed by atoms with Gasteiger partial charge in [-0.2, -0.15) is 0 Å². The predicted octanol–water partition coefficient (Wildman–Crippen LogP) is 2.43. The number of carbonyl (C=O) groups excluding carboxylic acids is 1. The van der Waals surface area contributed by atoms with Gasteiger partial charge in [0.1, 0.15) is 0 Å². The monoisotopic (exact) mass is 183 g/mol. The zero-order valence-electron chi connectivity index (χ0n) is 9.48. The molecule has 0 aliphatic carbocycles. The van der Waals surface area contributed by atoms with Crippen molar-refractivity contribution in [3.63, 3.8) is 0 Å². The second kappa shape index (κ2) is 3.00. The normalized spacial score (nSPS) is 23.9. The summed E-state index contributed by atoms with van der Waals surface area (Å²) >= 11 is 0. The lowest BCUT2D eigenvalue weighted by molar-refractivity contribution is -0.167. The maximum atomic E-state index is 11.7. The van der Waals surface area contributed by atoms with Crippen molar-refractivity contribution in [3.05, 3.63) is 0 Å². The molecule has 0 aromatic rings. The fourth-order valence-corrected chi connectivity index (χ4v) is 1.81. The number of hydrogen-bond donors (Lipinski definition) is 0. The maximum absolute atomic E-state index is 11.7. The van der Waals surface area contributed by atoms with Crippen LogP contribution in [0.25, 0.3) is 0 Å². The van der Waals surface area contributed by atoms with Crippen LogP contribution in [-0.2, 0) is 4.79 Å². The third kappa shape index (κ3) is 1.47. The fraction of sp³-hybridized carbons (Fsp3) is 0.909. The van der Waals surface area contributed by atoms with Crippen LogP contribution in [-0.4, -0.2) is 22.9 Å². The molecule has 1 amide bonds. The Bertz CT molecular complexity index is 218.